The summed E-state index contributed by atoms with van der Waals surface area (Å²) in [6.45, 7) is 1.94. The third-order valence-corrected chi connectivity index (χ3v) is 4.40. The van der Waals surface area contributed by atoms with Gasteiger partial charge in [0.1, 0.15) is 12.1 Å². The van der Waals surface area contributed by atoms with Gasteiger partial charge in [-0.2, -0.15) is 18.2 Å². The number of hydrogen-bond donors (Lipinski definition) is 1. The molecule has 3 aromatic rings. The highest BCUT2D eigenvalue weighted by molar-refractivity contribution is 5.86. The monoisotopic (exact) mass is 422 g/mol. The lowest BCUT2D eigenvalue weighted by molar-refractivity contribution is -0.144. The first-order chi connectivity index (χ1) is 14.3. The largest absolute Gasteiger partial charge is 0.452 e. The molecule has 0 aromatic carbocycles. The van der Waals surface area contributed by atoms with Gasteiger partial charge in [0, 0.05) is 18.8 Å². The normalized spacial score (nSPS) is 14.0. The SMILES string of the molecule is CCN(C(=O)OC)c1nccc(-n2cnc3c(NC4CC4)nc(C(F)(F)F)nc32)n1. The fraction of sp³-hybridized carbons (Fsp3) is 0.412. The predicted octanol–water partition coefficient (Wildman–Crippen LogP) is 2.79. The molecule has 1 amide bonds. The number of halogens is 3. The first-order valence-electron chi connectivity index (χ1n) is 9.09. The number of hydrogen-bond acceptors (Lipinski definition) is 8. The van der Waals surface area contributed by atoms with Gasteiger partial charge in [-0.05, 0) is 25.8 Å². The summed E-state index contributed by atoms with van der Waals surface area (Å²) in [5.74, 6) is -1.04. The van der Waals surface area contributed by atoms with Crippen molar-refractivity contribution in [2.24, 2.45) is 0 Å². The molecule has 3 heterocycles. The van der Waals surface area contributed by atoms with Crippen LogP contribution >= 0.6 is 0 Å². The van der Waals surface area contributed by atoms with E-state index in [0.717, 1.165) is 12.8 Å². The quantitative estimate of drug-likeness (QED) is 0.668. The Morgan fingerprint density at radius 1 is 1.30 bits per heavy atom. The number of anilines is 2. The van der Waals surface area contributed by atoms with E-state index in [4.69, 9.17) is 4.74 Å². The Bertz CT molecular complexity index is 1100. The first-order valence-corrected chi connectivity index (χ1v) is 9.09. The molecule has 0 radical (unpaired) electrons. The minimum absolute atomic E-state index is 0.0209. The summed E-state index contributed by atoms with van der Waals surface area (Å²) < 4.78 is 46.1. The van der Waals surface area contributed by atoms with Crippen molar-refractivity contribution < 1.29 is 22.7 Å². The molecule has 10 nitrogen and oxygen atoms in total. The van der Waals surface area contributed by atoms with Gasteiger partial charge in [-0.3, -0.25) is 4.57 Å². The average Bonchev–Trinajstić information content (AvgIpc) is 3.43. The lowest BCUT2D eigenvalue weighted by atomic mass is 10.4. The van der Waals surface area contributed by atoms with E-state index in [-0.39, 0.29) is 41.3 Å². The van der Waals surface area contributed by atoms with E-state index in [1.807, 2.05) is 0 Å². The number of nitrogens with zero attached hydrogens (tertiary/aromatic N) is 7. The maximum atomic E-state index is 13.4. The summed E-state index contributed by atoms with van der Waals surface area (Å²) in [7, 11) is 1.22. The molecule has 1 aliphatic rings. The van der Waals surface area contributed by atoms with Gasteiger partial charge in [-0.1, -0.05) is 0 Å². The second kappa shape index (κ2) is 7.39. The number of fused-ring (bicyclic) bond motifs is 1. The van der Waals surface area contributed by atoms with Crippen LogP contribution in [0.1, 0.15) is 25.6 Å². The summed E-state index contributed by atoms with van der Waals surface area (Å²) in [5, 5.41) is 2.97. The molecule has 1 N–H and O–H groups in total. The topological polar surface area (TPSA) is 111 Å². The van der Waals surface area contributed by atoms with Crippen LogP contribution in [0.3, 0.4) is 0 Å². The van der Waals surface area contributed by atoms with Crippen molar-refractivity contribution in [2.45, 2.75) is 32.0 Å². The van der Waals surface area contributed by atoms with Crippen LogP contribution in [0.5, 0.6) is 0 Å². The summed E-state index contributed by atoms with van der Waals surface area (Å²) in [6.07, 6.45) is -1.01. The molecule has 3 aromatic heterocycles. The average molecular weight is 422 g/mol. The summed E-state index contributed by atoms with van der Waals surface area (Å²) >= 11 is 0. The molecule has 30 heavy (non-hydrogen) atoms. The molecule has 158 valence electrons. The number of carbonyl (C=O) groups is 1. The van der Waals surface area contributed by atoms with Crippen molar-refractivity contribution in [3.63, 3.8) is 0 Å². The van der Waals surface area contributed by atoms with Gasteiger partial charge in [-0.25, -0.2) is 29.6 Å². The van der Waals surface area contributed by atoms with E-state index in [9.17, 15) is 18.0 Å². The molecule has 0 atom stereocenters. The Labute approximate surface area is 168 Å². The molecular formula is C17H17F3N8O2. The van der Waals surface area contributed by atoms with Crippen molar-refractivity contribution in [1.82, 2.24) is 29.5 Å². The van der Waals surface area contributed by atoms with Crippen molar-refractivity contribution in [3.8, 4) is 5.82 Å². The first kappa shape index (κ1) is 19.8. The molecule has 1 aliphatic carbocycles. The van der Waals surface area contributed by atoms with Gasteiger partial charge in [0.2, 0.25) is 11.8 Å². The predicted molar refractivity (Wildman–Crippen MR) is 99.3 cm³/mol. The number of carbonyl (C=O) groups excluding carboxylic acids is 1. The van der Waals surface area contributed by atoms with Crippen LogP contribution in [0.2, 0.25) is 0 Å². The number of alkyl halides is 3. The van der Waals surface area contributed by atoms with Crippen LogP contribution in [0.15, 0.2) is 18.6 Å². The maximum absolute atomic E-state index is 13.4. The fourth-order valence-electron chi connectivity index (χ4n) is 2.78. The maximum Gasteiger partial charge on any atom is 0.451 e. The van der Waals surface area contributed by atoms with Crippen molar-refractivity contribution in [2.75, 3.05) is 23.9 Å². The molecule has 1 fully saturated rings. The van der Waals surface area contributed by atoms with E-state index >= 15 is 0 Å². The van der Waals surface area contributed by atoms with Crippen molar-refractivity contribution >= 4 is 29.0 Å². The number of nitrogens with one attached hydrogen (secondary N) is 1. The minimum atomic E-state index is -4.73. The Morgan fingerprint density at radius 2 is 2.07 bits per heavy atom. The van der Waals surface area contributed by atoms with Crippen LogP contribution < -0.4 is 10.2 Å². The highest BCUT2D eigenvalue weighted by Crippen LogP contribution is 2.33. The molecule has 0 unspecified atom stereocenters. The fourth-order valence-corrected chi connectivity index (χ4v) is 2.78. The zero-order valence-electron chi connectivity index (χ0n) is 16.0. The van der Waals surface area contributed by atoms with Crippen molar-refractivity contribution in [1.29, 1.82) is 0 Å². The summed E-state index contributed by atoms with van der Waals surface area (Å²) in [6, 6.07) is 1.54. The number of rotatable bonds is 5. The minimum Gasteiger partial charge on any atom is -0.452 e. The second-order valence-electron chi connectivity index (χ2n) is 6.53. The van der Waals surface area contributed by atoms with Crippen LogP contribution in [-0.4, -0.2) is 55.3 Å². The van der Waals surface area contributed by atoms with Gasteiger partial charge < -0.3 is 10.1 Å². The van der Waals surface area contributed by atoms with Crippen LogP contribution in [0.25, 0.3) is 17.0 Å². The molecule has 0 spiro atoms. The van der Waals surface area contributed by atoms with Gasteiger partial charge >= 0.3 is 12.3 Å². The van der Waals surface area contributed by atoms with E-state index in [1.165, 1.54) is 35.2 Å². The number of imidazole rings is 1. The highest BCUT2D eigenvalue weighted by Gasteiger charge is 2.37. The van der Waals surface area contributed by atoms with Gasteiger partial charge in [-0.15, -0.1) is 0 Å². The third-order valence-electron chi connectivity index (χ3n) is 4.40. The third kappa shape index (κ3) is 3.69. The highest BCUT2D eigenvalue weighted by atomic mass is 19.4. The van der Waals surface area contributed by atoms with Gasteiger partial charge in [0.05, 0.1) is 7.11 Å². The van der Waals surface area contributed by atoms with E-state index in [1.54, 1.807) is 6.92 Å². The number of aromatic nitrogens is 6. The standard InChI is InChI=1S/C17H17F3N8O2/c1-3-27(16(29)30-2)15-21-7-6-10(24-15)28-8-22-11-12(23-9-4-5-9)25-14(17(18,19)20)26-13(11)28/h6-9H,3-5H2,1-2H3,(H,23,25,26). The lowest BCUT2D eigenvalue weighted by Crippen LogP contribution is -2.32. The summed E-state index contributed by atoms with van der Waals surface area (Å²) in [5.41, 5.74) is 0.126. The van der Waals surface area contributed by atoms with Crippen molar-refractivity contribution in [3.05, 3.63) is 24.4 Å². The molecule has 1 saturated carbocycles. The number of methoxy groups -OCH3 is 1. The van der Waals surface area contributed by atoms with Gasteiger partial charge in [0.25, 0.3) is 0 Å². The molecule has 0 bridgehead atoms. The van der Waals surface area contributed by atoms with Crippen LogP contribution in [0, 0.1) is 0 Å². The van der Waals surface area contributed by atoms with Crippen LogP contribution in [0.4, 0.5) is 29.7 Å². The Kier molecular flexibility index (Phi) is 4.87. The zero-order chi connectivity index (χ0) is 21.5. The lowest BCUT2D eigenvalue weighted by Gasteiger charge is -2.17. The molecule has 0 saturated heterocycles. The summed E-state index contributed by atoms with van der Waals surface area (Å²) in [4.78, 5) is 32.9. The Hall–Kier alpha value is -3.51. The van der Waals surface area contributed by atoms with E-state index in [0.29, 0.717) is 0 Å². The smallest absolute Gasteiger partial charge is 0.451 e. The molecule has 13 heteroatoms. The van der Waals surface area contributed by atoms with Crippen LogP contribution in [-0.2, 0) is 10.9 Å². The molecule has 0 aliphatic heterocycles. The van der Waals surface area contributed by atoms with E-state index in [2.05, 4.69) is 30.2 Å². The number of ether oxygens (including phenoxy) is 1. The zero-order valence-corrected chi connectivity index (χ0v) is 16.0. The van der Waals surface area contributed by atoms with Gasteiger partial charge in [0.15, 0.2) is 17.0 Å². The Balaban J connectivity index is 1.83. The number of amides is 1. The Morgan fingerprint density at radius 3 is 2.70 bits per heavy atom. The second-order valence-corrected chi connectivity index (χ2v) is 6.53. The van der Waals surface area contributed by atoms with E-state index < -0.39 is 18.1 Å². The molecular weight excluding hydrogens is 405 g/mol. The molecule has 4 rings (SSSR count).